The SMILES string of the molecule is CCCCCCCC(=O)[c-]1cccc1.[Fe].[cH-]1[cH-][cH-][cH-][cH-]1. The third kappa shape index (κ3) is 8.90. The number of Topliss-reactive ketones (excluding diaryl/α,β-unsaturated/α-hetero) is 1. The fourth-order valence-corrected chi connectivity index (χ4v) is 1.91. The zero-order valence-electron chi connectivity index (χ0n) is 12.2. The molecule has 0 unspecified atom stereocenters. The van der Waals surface area contributed by atoms with Crippen molar-refractivity contribution in [2.75, 3.05) is 0 Å². The summed E-state index contributed by atoms with van der Waals surface area (Å²) in [7, 11) is 0. The van der Waals surface area contributed by atoms with Crippen LogP contribution in [0, 0.1) is 0 Å². The average Bonchev–Trinajstić information content (AvgIpc) is 3.13. The van der Waals surface area contributed by atoms with E-state index in [1.807, 2.05) is 54.6 Å². The summed E-state index contributed by atoms with van der Waals surface area (Å²) in [5.41, 5.74) is 0.875. The van der Waals surface area contributed by atoms with Crippen LogP contribution in [0.2, 0.25) is 0 Å². The van der Waals surface area contributed by atoms with E-state index in [0.29, 0.717) is 12.2 Å². The first-order valence-corrected chi connectivity index (χ1v) is 7.26. The van der Waals surface area contributed by atoms with Crippen molar-refractivity contribution in [1.82, 2.24) is 0 Å². The number of unbranched alkanes of at least 4 members (excludes halogenated alkanes) is 4. The second-order valence-electron chi connectivity index (χ2n) is 4.72. The fraction of sp³-hybridized carbons (Fsp3) is 0.389. The number of rotatable bonds is 7. The minimum atomic E-state index is 0. The molecule has 0 aliphatic carbocycles. The molecule has 1 nitrogen and oxygen atoms in total. The minimum Gasteiger partial charge on any atom is -0.748 e. The van der Waals surface area contributed by atoms with E-state index in [0.717, 1.165) is 12.0 Å². The molecule has 0 amide bonds. The maximum atomic E-state index is 11.5. The van der Waals surface area contributed by atoms with Crippen LogP contribution >= 0.6 is 0 Å². The van der Waals surface area contributed by atoms with Crippen LogP contribution < -0.4 is 0 Å². The number of carbonyl (C=O) groups is 1. The fourth-order valence-electron chi connectivity index (χ4n) is 1.91. The van der Waals surface area contributed by atoms with Gasteiger partial charge in [0.1, 0.15) is 5.78 Å². The minimum absolute atomic E-state index is 0. The molecule has 0 atom stereocenters. The Morgan fingerprint density at radius 1 is 0.900 bits per heavy atom. The van der Waals surface area contributed by atoms with Crippen LogP contribution in [0.4, 0.5) is 0 Å². The average molecular weight is 312 g/mol. The summed E-state index contributed by atoms with van der Waals surface area (Å²) in [6.07, 6.45) is 6.78. The Morgan fingerprint density at radius 3 is 1.90 bits per heavy atom. The van der Waals surface area contributed by atoms with Gasteiger partial charge in [0, 0.05) is 17.1 Å². The van der Waals surface area contributed by atoms with Crippen LogP contribution in [0.15, 0.2) is 54.6 Å². The van der Waals surface area contributed by atoms with E-state index in [1.165, 1.54) is 25.7 Å². The number of ketones is 1. The van der Waals surface area contributed by atoms with Gasteiger partial charge in [-0.25, -0.2) is 12.1 Å². The Bertz CT molecular complexity index is 383. The van der Waals surface area contributed by atoms with Crippen LogP contribution in [0.3, 0.4) is 0 Å². The normalized spacial score (nSPS) is 9.25. The first-order valence-electron chi connectivity index (χ1n) is 7.26. The van der Waals surface area contributed by atoms with E-state index < -0.39 is 0 Å². The predicted molar refractivity (Wildman–Crippen MR) is 81.8 cm³/mol. The van der Waals surface area contributed by atoms with Crippen LogP contribution in [0.1, 0.15) is 55.8 Å². The maximum Gasteiger partial charge on any atom is 0.108 e. The van der Waals surface area contributed by atoms with Crippen molar-refractivity contribution in [1.29, 1.82) is 0 Å². The molecule has 0 N–H and O–H groups in total. The summed E-state index contributed by atoms with van der Waals surface area (Å²) in [6, 6.07) is 17.6. The molecule has 2 aromatic carbocycles. The van der Waals surface area contributed by atoms with Crippen LogP contribution in [-0.2, 0) is 17.1 Å². The van der Waals surface area contributed by atoms with Crippen molar-refractivity contribution in [3.63, 3.8) is 0 Å². The molecule has 0 bridgehead atoms. The van der Waals surface area contributed by atoms with Gasteiger partial charge in [-0.05, 0) is 12.8 Å². The standard InChI is InChI=1S/C13H19O.C5H5.Fe/c1-2-3-4-5-6-11-13(14)12-9-7-8-10-12;1-2-4-5-3-1;/h7-10H,2-6,11H2,1H3;1-5H;/q-1;-5;. The summed E-state index contributed by atoms with van der Waals surface area (Å²) in [6.45, 7) is 2.20. The van der Waals surface area contributed by atoms with Crippen molar-refractivity contribution >= 4 is 5.78 Å². The molecule has 20 heavy (non-hydrogen) atoms. The van der Waals surface area contributed by atoms with Crippen LogP contribution in [0.25, 0.3) is 0 Å². The molecular formula is C18H24FeO-6. The number of carbonyl (C=O) groups excluding carboxylic acids is 1. The Morgan fingerprint density at radius 2 is 1.40 bits per heavy atom. The van der Waals surface area contributed by atoms with Gasteiger partial charge in [-0.15, -0.1) is 0 Å². The number of hydrogen-bond donors (Lipinski definition) is 0. The van der Waals surface area contributed by atoms with Gasteiger partial charge in [-0.2, -0.15) is 12.1 Å². The van der Waals surface area contributed by atoms with Gasteiger partial charge in [-0.3, -0.25) is 0 Å². The molecule has 2 rings (SSSR count). The summed E-state index contributed by atoms with van der Waals surface area (Å²) in [5, 5.41) is 0. The first kappa shape index (κ1) is 18.9. The van der Waals surface area contributed by atoms with E-state index in [1.54, 1.807) is 0 Å². The van der Waals surface area contributed by atoms with Crippen molar-refractivity contribution in [2.45, 2.75) is 45.4 Å². The van der Waals surface area contributed by atoms with Gasteiger partial charge in [0.25, 0.3) is 0 Å². The Balaban J connectivity index is 0.000000507. The van der Waals surface area contributed by atoms with E-state index in [4.69, 9.17) is 0 Å². The summed E-state index contributed by atoms with van der Waals surface area (Å²) in [4.78, 5) is 11.5. The van der Waals surface area contributed by atoms with Gasteiger partial charge >= 0.3 is 0 Å². The van der Waals surface area contributed by atoms with Crippen molar-refractivity contribution in [2.24, 2.45) is 0 Å². The second kappa shape index (κ2) is 12.9. The van der Waals surface area contributed by atoms with Crippen molar-refractivity contribution in [3.8, 4) is 0 Å². The molecule has 0 saturated heterocycles. The van der Waals surface area contributed by atoms with Crippen LogP contribution in [-0.4, -0.2) is 5.78 Å². The monoisotopic (exact) mass is 312 g/mol. The molecule has 0 aliphatic rings. The van der Waals surface area contributed by atoms with E-state index >= 15 is 0 Å². The Labute approximate surface area is 133 Å². The third-order valence-electron chi connectivity index (χ3n) is 3.05. The molecule has 0 heterocycles. The van der Waals surface area contributed by atoms with Gasteiger partial charge < -0.3 is 35.1 Å². The van der Waals surface area contributed by atoms with E-state index in [2.05, 4.69) is 6.92 Å². The molecule has 0 fully saturated rings. The molecule has 0 spiro atoms. The van der Waals surface area contributed by atoms with Gasteiger partial charge in [0.2, 0.25) is 0 Å². The van der Waals surface area contributed by atoms with Gasteiger partial charge in [0.05, 0.1) is 0 Å². The summed E-state index contributed by atoms with van der Waals surface area (Å²) >= 11 is 0. The quantitative estimate of drug-likeness (QED) is 0.291. The van der Waals surface area contributed by atoms with Crippen molar-refractivity contribution < 1.29 is 21.9 Å². The molecule has 0 aliphatic heterocycles. The molecule has 2 heteroatoms. The largest absolute Gasteiger partial charge is 0.748 e. The zero-order chi connectivity index (χ0) is 13.8. The third-order valence-corrected chi connectivity index (χ3v) is 3.05. The Hall–Kier alpha value is -1.11. The van der Waals surface area contributed by atoms with Gasteiger partial charge in [0.15, 0.2) is 0 Å². The van der Waals surface area contributed by atoms with E-state index in [-0.39, 0.29) is 17.1 Å². The summed E-state index contributed by atoms with van der Waals surface area (Å²) in [5.74, 6) is 0.298. The van der Waals surface area contributed by atoms with E-state index in [9.17, 15) is 4.79 Å². The predicted octanol–water partition coefficient (Wildman–Crippen LogP) is 5.35. The molecule has 0 saturated carbocycles. The second-order valence-corrected chi connectivity index (χ2v) is 4.72. The smallest absolute Gasteiger partial charge is 0.108 e. The molecule has 0 aromatic heterocycles. The zero-order valence-corrected chi connectivity index (χ0v) is 13.3. The Kier molecular flexibility index (Phi) is 12.2. The van der Waals surface area contributed by atoms with Gasteiger partial charge in [-0.1, -0.05) is 38.2 Å². The van der Waals surface area contributed by atoms with Crippen molar-refractivity contribution in [3.05, 3.63) is 60.2 Å². The molecule has 0 radical (unpaired) electrons. The summed E-state index contributed by atoms with van der Waals surface area (Å²) < 4.78 is 0. The number of hydrogen-bond acceptors (Lipinski definition) is 1. The molecular weight excluding hydrogens is 288 g/mol. The molecule has 116 valence electrons. The maximum absolute atomic E-state index is 11.5. The first-order chi connectivity index (χ1) is 9.34. The molecule has 2 aromatic rings. The van der Waals surface area contributed by atoms with Crippen LogP contribution in [0.5, 0.6) is 0 Å². The topological polar surface area (TPSA) is 17.1 Å².